The Morgan fingerprint density at radius 2 is 1.36 bits per heavy atom. The third-order valence-corrected chi connectivity index (χ3v) is 4.48. The van der Waals surface area contributed by atoms with Crippen LogP contribution in [0.3, 0.4) is 0 Å². The van der Waals surface area contributed by atoms with Gasteiger partial charge < -0.3 is 14.9 Å². The van der Waals surface area contributed by atoms with Crippen molar-refractivity contribution >= 4 is 11.9 Å². The van der Waals surface area contributed by atoms with E-state index in [0.29, 0.717) is 12.8 Å². The molecule has 0 radical (unpaired) electrons. The smallest absolute Gasteiger partial charge is 0.303 e. The first-order valence-corrected chi connectivity index (χ1v) is 10.0. The van der Waals surface area contributed by atoms with Gasteiger partial charge in [0, 0.05) is 13.3 Å². The largest absolute Gasteiger partial charge is 0.481 e. The summed E-state index contributed by atoms with van der Waals surface area (Å²) in [4.78, 5) is 21.7. The summed E-state index contributed by atoms with van der Waals surface area (Å²) in [6.45, 7) is 3.59. The number of unbranched alkanes of at least 4 members (excludes halogenated alkanes) is 9. The maximum atomic E-state index is 11.3. The van der Waals surface area contributed by atoms with Crippen molar-refractivity contribution in [2.24, 2.45) is 0 Å². The van der Waals surface area contributed by atoms with Gasteiger partial charge in [-0.25, -0.2) is 0 Å². The molecule has 0 rings (SSSR count). The minimum absolute atomic E-state index is 0.232. The van der Waals surface area contributed by atoms with Crippen LogP contribution in [0.25, 0.3) is 0 Å². The Morgan fingerprint density at radius 3 is 1.92 bits per heavy atom. The summed E-state index contributed by atoms with van der Waals surface area (Å²) in [6, 6.07) is 0. The molecule has 0 aromatic heterocycles. The van der Waals surface area contributed by atoms with Crippen molar-refractivity contribution in [3.8, 4) is 0 Å². The van der Waals surface area contributed by atoms with E-state index in [0.717, 1.165) is 44.9 Å². The van der Waals surface area contributed by atoms with Crippen molar-refractivity contribution in [1.29, 1.82) is 0 Å². The van der Waals surface area contributed by atoms with Crippen LogP contribution in [0.2, 0.25) is 0 Å². The average Bonchev–Trinajstić information content (AvgIpc) is 2.55. The molecule has 0 fully saturated rings. The first kappa shape index (κ1) is 23.9. The van der Waals surface area contributed by atoms with Crippen molar-refractivity contribution in [3.63, 3.8) is 0 Å². The Morgan fingerprint density at radius 1 is 0.840 bits per heavy atom. The van der Waals surface area contributed by atoms with Crippen LogP contribution in [0.1, 0.15) is 104 Å². The SMILES string of the molecule is CCCCCCCCC(OC(C)=O)C(O)CCCCCCCC(=O)O. The minimum atomic E-state index is -0.741. The highest BCUT2D eigenvalue weighted by atomic mass is 16.6. The molecule has 2 N–H and O–H groups in total. The number of ether oxygens (including phenoxy) is 1. The van der Waals surface area contributed by atoms with Crippen LogP contribution in [0, 0.1) is 0 Å². The Kier molecular flexibility index (Phi) is 15.7. The van der Waals surface area contributed by atoms with E-state index in [1.54, 1.807) is 0 Å². The quantitative estimate of drug-likeness (QED) is 0.287. The lowest BCUT2D eigenvalue weighted by atomic mass is 9.99. The van der Waals surface area contributed by atoms with Crippen LogP contribution in [0.4, 0.5) is 0 Å². The Bertz CT molecular complexity index is 343. The molecule has 0 amide bonds. The minimum Gasteiger partial charge on any atom is -0.481 e. The molecule has 0 bridgehead atoms. The van der Waals surface area contributed by atoms with Crippen molar-refractivity contribution in [1.82, 2.24) is 0 Å². The van der Waals surface area contributed by atoms with E-state index in [-0.39, 0.29) is 12.4 Å². The van der Waals surface area contributed by atoms with Gasteiger partial charge in [-0.15, -0.1) is 0 Å². The summed E-state index contributed by atoms with van der Waals surface area (Å²) in [5.74, 6) is -1.07. The summed E-state index contributed by atoms with van der Waals surface area (Å²) < 4.78 is 5.31. The molecule has 5 nitrogen and oxygen atoms in total. The topological polar surface area (TPSA) is 83.8 Å². The van der Waals surface area contributed by atoms with Gasteiger partial charge in [0.15, 0.2) is 0 Å². The monoisotopic (exact) mass is 358 g/mol. The van der Waals surface area contributed by atoms with Crippen molar-refractivity contribution < 1.29 is 24.5 Å². The lowest BCUT2D eigenvalue weighted by Crippen LogP contribution is -2.30. The van der Waals surface area contributed by atoms with Crippen LogP contribution in [0.15, 0.2) is 0 Å². The second-order valence-corrected chi connectivity index (χ2v) is 6.97. The van der Waals surface area contributed by atoms with E-state index < -0.39 is 18.2 Å². The predicted octanol–water partition coefficient (Wildman–Crippen LogP) is 4.84. The van der Waals surface area contributed by atoms with Gasteiger partial charge in [-0.1, -0.05) is 64.7 Å². The molecule has 0 saturated heterocycles. The standard InChI is InChI=1S/C20H38O5/c1-3-4-5-6-9-12-15-19(25-17(2)21)18(22)14-11-8-7-10-13-16-20(23)24/h18-19,22H,3-16H2,1-2H3,(H,23,24). The van der Waals surface area contributed by atoms with E-state index in [4.69, 9.17) is 9.84 Å². The van der Waals surface area contributed by atoms with E-state index in [2.05, 4.69) is 6.92 Å². The molecule has 0 spiro atoms. The summed E-state index contributed by atoms with van der Waals surface area (Å²) in [5.41, 5.74) is 0. The molecule has 0 aliphatic carbocycles. The number of carboxylic acid groups (broad SMARTS) is 1. The van der Waals surface area contributed by atoms with Gasteiger partial charge in [-0.05, 0) is 25.7 Å². The van der Waals surface area contributed by atoms with Gasteiger partial charge in [0.1, 0.15) is 6.10 Å². The molecule has 5 heteroatoms. The number of carbonyl (C=O) groups excluding carboxylic acids is 1. The van der Waals surface area contributed by atoms with Crippen LogP contribution >= 0.6 is 0 Å². The Hall–Kier alpha value is -1.10. The molecule has 0 aliphatic rings. The first-order valence-electron chi connectivity index (χ1n) is 10.0. The van der Waals surface area contributed by atoms with E-state index >= 15 is 0 Å². The number of rotatable bonds is 17. The lowest BCUT2D eigenvalue weighted by molar-refractivity contribution is -0.153. The number of hydrogen-bond acceptors (Lipinski definition) is 4. The number of esters is 1. The maximum Gasteiger partial charge on any atom is 0.303 e. The molecule has 2 unspecified atom stereocenters. The van der Waals surface area contributed by atoms with Crippen LogP contribution in [-0.4, -0.2) is 34.4 Å². The molecular weight excluding hydrogens is 320 g/mol. The van der Waals surface area contributed by atoms with Gasteiger partial charge in [0.25, 0.3) is 0 Å². The Labute approximate surface area is 153 Å². The zero-order valence-electron chi connectivity index (χ0n) is 16.2. The number of aliphatic hydroxyl groups is 1. The fraction of sp³-hybridized carbons (Fsp3) is 0.900. The number of aliphatic carboxylic acids is 1. The van der Waals surface area contributed by atoms with Crippen LogP contribution < -0.4 is 0 Å². The van der Waals surface area contributed by atoms with E-state index in [1.165, 1.54) is 32.6 Å². The van der Waals surface area contributed by atoms with Crippen molar-refractivity contribution in [3.05, 3.63) is 0 Å². The second kappa shape index (κ2) is 16.4. The van der Waals surface area contributed by atoms with E-state index in [1.807, 2.05) is 0 Å². The maximum absolute atomic E-state index is 11.3. The summed E-state index contributed by atoms with van der Waals surface area (Å²) in [5, 5.41) is 18.9. The molecular formula is C20H38O5. The van der Waals surface area contributed by atoms with Gasteiger partial charge >= 0.3 is 11.9 Å². The molecule has 0 saturated carbocycles. The molecule has 25 heavy (non-hydrogen) atoms. The van der Waals surface area contributed by atoms with Crippen LogP contribution in [0.5, 0.6) is 0 Å². The van der Waals surface area contributed by atoms with Gasteiger partial charge in [0.05, 0.1) is 6.10 Å². The van der Waals surface area contributed by atoms with Gasteiger partial charge in [-0.3, -0.25) is 9.59 Å². The summed E-state index contributed by atoms with van der Waals surface area (Å²) >= 11 is 0. The van der Waals surface area contributed by atoms with Gasteiger partial charge in [-0.2, -0.15) is 0 Å². The molecule has 0 heterocycles. The fourth-order valence-electron chi connectivity index (χ4n) is 3.01. The highest BCUT2D eigenvalue weighted by molar-refractivity contribution is 5.66. The molecule has 0 aliphatic heterocycles. The predicted molar refractivity (Wildman–Crippen MR) is 99.5 cm³/mol. The average molecular weight is 359 g/mol. The highest BCUT2D eigenvalue weighted by Crippen LogP contribution is 2.17. The fourth-order valence-corrected chi connectivity index (χ4v) is 3.01. The molecule has 0 aromatic carbocycles. The number of carbonyl (C=O) groups is 2. The zero-order valence-corrected chi connectivity index (χ0v) is 16.2. The molecule has 148 valence electrons. The van der Waals surface area contributed by atoms with Crippen molar-refractivity contribution in [2.75, 3.05) is 0 Å². The highest BCUT2D eigenvalue weighted by Gasteiger charge is 2.21. The summed E-state index contributed by atoms with van der Waals surface area (Å²) in [7, 11) is 0. The normalized spacial score (nSPS) is 13.4. The number of carboxylic acids is 1. The number of hydrogen-bond donors (Lipinski definition) is 2. The van der Waals surface area contributed by atoms with Gasteiger partial charge in [0.2, 0.25) is 0 Å². The van der Waals surface area contributed by atoms with Crippen LogP contribution in [-0.2, 0) is 14.3 Å². The third-order valence-electron chi connectivity index (χ3n) is 4.48. The second-order valence-electron chi connectivity index (χ2n) is 6.97. The Balaban J connectivity index is 3.87. The lowest BCUT2D eigenvalue weighted by Gasteiger charge is -2.22. The molecule has 0 aromatic rings. The van der Waals surface area contributed by atoms with Crippen molar-refractivity contribution in [2.45, 2.75) is 116 Å². The first-order chi connectivity index (χ1) is 12.0. The number of aliphatic hydroxyl groups excluding tert-OH is 1. The molecule has 2 atom stereocenters. The zero-order chi connectivity index (χ0) is 18.9. The third kappa shape index (κ3) is 16.1. The summed E-state index contributed by atoms with van der Waals surface area (Å²) in [6.07, 6.45) is 12.1. The van der Waals surface area contributed by atoms with E-state index in [9.17, 15) is 14.7 Å².